The number of rotatable bonds is 3. The molecule has 0 spiro atoms. The highest BCUT2D eigenvalue weighted by molar-refractivity contribution is 7.89. The number of nitrogens with one attached hydrogen (secondary N) is 1. The lowest BCUT2D eigenvalue weighted by atomic mass is 10.1. The molecule has 0 heterocycles. The minimum atomic E-state index is -3.92. The summed E-state index contributed by atoms with van der Waals surface area (Å²) in [5.74, 6) is -0.186. The van der Waals surface area contributed by atoms with Gasteiger partial charge in [-0.05, 0) is 31.4 Å². The lowest BCUT2D eigenvalue weighted by molar-refractivity contribution is -0.119. The Morgan fingerprint density at radius 2 is 1.90 bits per heavy atom. The summed E-state index contributed by atoms with van der Waals surface area (Å²) in [6, 6.07) is 1.21. The van der Waals surface area contributed by atoms with E-state index in [1.807, 2.05) is 0 Å². The summed E-state index contributed by atoms with van der Waals surface area (Å²) in [5, 5.41) is 7.97. The molecule has 0 unspecified atom stereocenters. The van der Waals surface area contributed by atoms with Gasteiger partial charge in [0.2, 0.25) is 15.9 Å². The van der Waals surface area contributed by atoms with E-state index < -0.39 is 10.0 Å². The Kier molecular flexibility index (Phi) is 4.82. The highest BCUT2D eigenvalue weighted by atomic mass is 35.5. The predicted molar refractivity (Wildman–Crippen MR) is 83.2 cm³/mol. The van der Waals surface area contributed by atoms with Crippen LogP contribution in [0.2, 0.25) is 10.0 Å². The summed E-state index contributed by atoms with van der Waals surface area (Å²) in [6.45, 7) is 1.52. The second kappa shape index (κ2) is 6.12. The number of halogens is 2. The van der Waals surface area contributed by atoms with Crippen molar-refractivity contribution >= 4 is 44.8 Å². The Hall–Kier alpha value is -0.820. The maximum absolute atomic E-state index is 12.1. The number of anilines is 1. The van der Waals surface area contributed by atoms with E-state index in [0.717, 1.165) is 25.7 Å². The maximum atomic E-state index is 12.1. The van der Waals surface area contributed by atoms with Crippen molar-refractivity contribution in [3.63, 3.8) is 0 Å². The van der Waals surface area contributed by atoms with Gasteiger partial charge in [0.1, 0.15) is 0 Å². The van der Waals surface area contributed by atoms with Gasteiger partial charge in [0.05, 0.1) is 20.6 Å². The first-order chi connectivity index (χ1) is 9.71. The van der Waals surface area contributed by atoms with Gasteiger partial charge >= 0.3 is 0 Å². The molecule has 0 saturated heterocycles. The zero-order valence-electron chi connectivity index (χ0n) is 11.4. The number of sulfonamides is 1. The lowest BCUT2D eigenvalue weighted by Gasteiger charge is -2.16. The van der Waals surface area contributed by atoms with Gasteiger partial charge in [-0.2, -0.15) is 0 Å². The quantitative estimate of drug-likeness (QED) is 0.877. The number of primary sulfonamides is 1. The van der Waals surface area contributed by atoms with E-state index in [1.165, 1.54) is 13.0 Å². The molecule has 0 radical (unpaired) electrons. The highest BCUT2D eigenvalue weighted by Crippen LogP contribution is 2.37. The minimum absolute atomic E-state index is 0.0460. The average Bonchev–Trinajstić information content (AvgIpc) is 2.91. The summed E-state index contributed by atoms with van der Waals surface area (Å²) in [5.41, 5.74) is 0.505. The number of hydrogen-bond acceptors (Lipinski definition) is 3. The van der Waals surface area contributed by atoms with E-state index in [0.29, 0.717) is 0 Å². The molecule has 1 aliphatic carbocycles. The minimum Gasteiger partial charge on any atom is -0.323 e. The molecule has 1 aromatic rings. The summed E-state index contributed by atoms with van der Waals surface area (Å²) in [6.07, 6.45) is 3.75. The van der Waals surface area contributed by atoms with E-state index in [4.69, 9.17) is 28.3 Å². The molecule has 1 amide bonds. The van der Waals surface area contributed by atoms with Crippen LogP contribution in [-0.4, -0.2) is 14.3 Å². The van der Waals surface area contributed by atoms with E-state index in [1.54, 1.807) is 0 Å². The second-order valence-electron chi connectivity index (χ2n) is 5.19. The van der Waals surface area contributed by atoms with Crippen LogP contribution in [-0.2, 0) is 14.8 Å². The van der Waals surface area contributed by atoms with E-state index in [2.05, 4.69) is 5.32 Å². The van der Waals surface area contributed by atoms with Crippen molar-refractivity contribution in [2.45, 2.75) is 37.5 Å². The first-order valence-electron chi connectivity index (χ1n) is 6.54. The third kappa shape index (κ3) is 3.51. The Morgan fingerprint density at radius 3 is 2.43 bits per heavy atom. The molecule has 0 atom stereocenters. The van der Waals surface area contributed by atoms with Crippen LogP contribution in [0.25, 0.3) is 0 Å². The molecule has 1 aliphatic rings. The predicted octanol–water partition coefficient (Wildman–Crippen LogP) is 3.08. The summed E-state index contributed by atoms with van der Waals surface area (Å²) < 4.78 is 22.9. The monoisotopic (exact) mass is 350 g/mol. The number of amides is 1. The molecule has 21 heavy (non-hydrogen) atoms. The SMILES string of the molecule is Cc1c(S(N)(=O)=O)cc(Cl)c(NC(=O)C2CCCC2)c1Cl. The molecule has 1 saturated carbocycles. The van der Waals surface area contributed by atoms with Crippen LogP contribution in [0.4, 0.5) is 5.69 Å². The molecular weight excluding hydrogens is 335 g/mol. The van der Waals surface area contributed by atoms with Crippen LogP contribution in [0.3, 0.4) is 0 Å². The Balaban J connectivity index is 2.37. The molecular formula is C13H16Cl2N2O3S. The van der Waals surface area contributed by atoms with Crippen LogP contribution in [0, 0.1) is 12.8 Å². The van der Waals surface area contributed by atoms with Crippen molar-refractivity contribution in [3.8, 4) is 0 Å². The molecule has 1 aromatic carbocycles. The maximum Gasteiger partial charge on any atom is 0.238 e. The smallest absolute Gasteiger partial charge is 0.238 e. The van der Waals surface area contributed by atoms with Crippen LogP contribution < -0.4 is 10.5 Å². The van der Waals surface area contributed by atoms with E-state index in [-0.39, 0.29) is 38.0 Å². The van der Waals surface area contributed by atoms with Gasteiger partial charge in [0.25, 0.3) is 0 Å². The van der Waals surface area contributed by atoms with Crippen molar-refractivity contribution in [3.05, 3.63) is 21.7 Å². The Morgan fingerprint density at radius 1 is 1.33 bits per heavy atom. The molecule has 116 valence electrons. The van der Waals surface area contributed by atoms with Gasteiger partial charge in [0.15, 0.2) is 0 Å². The molecule has 5 nitrogen and oxygen atoms in total. The number of benzene rings is 1. The third-order valence-corrected chi connectivity index (χ3v) is 5.50. The van der Waals surface area contributed by atoms with Gasteiger partial charge in [-0.25, -0.2) is 13.6 Å². The first kappa shape index (κ1) is 16.5. The molecule has 0 aliphatic heterocycles. The van der Waals surface area contributed by atoms with E-state index in [9.17, 15) is 13.2 Å². The average molecular weight is 351 g/mol. The van der Waals surface area contributed by atoms with Crippen molar-refractivity contribution in [1.82, 2.24) is 0 Å². The molecule has 2 rings (SSSR count). The standard InChI is InChI=1S/C13H16Cl2N2O3S/c1-7-10(21(16,19)20)6-9(14)12(11(7)15)17-13(18)8-4-2-3-5-8/h6,8H,2-5H2,1H3,(H,17,18)(H2,16,19,20). The molecule has 3 N–H and O–H groups in total. The van der Waals surface area contributed by atoms with Crippen molar-refractivity contribution in [2.24, 2.45) is 11.1 Å². The normalized spacial score (nSPS) is 16.2. The second-order valence-corrected chi connectivity index (χ2v) is 7.50. The van der Waals surface area contributed by atoms with Crippen molar-refractivity contribution < 1.29 is 13.2 Å². The fraction of sp³-hybridized carbons (Fsp3) is 0.462. The highest BCUT2D eigenvalue weighted by Gasteiger charge is 2.25. The van der Waals surface area contributed by atoms with Gasteiger partial charge in [0, 0.05) is 5.92 Å². The largest absolute Gasteiger partial charge is 0.323 e. The molecule has 0 bridgehead atoms. The zero-order valence-corrected chi connectivity index (χ0v) is 13.8. The lowest BCUT2D eigenvalue weighted by Crippen LogP contribution is -2.21. The molecule has 1 fully saturated rings. The number of nitrogens with two attached hydrogens (primary N) is 1. The third-order valence-electron chi connectivity index (χ3n) is 3.70. The Bertz CT molecular complexity index is 683. The summed E-state index contributed by atoms with van der Waals surface area (Å²) >= 11 is 12.2. The molecule has 8 heteroatoms. The van der Waals surface area contributed by atoms with Crippen molar-refractivity contribution in [2.75, 3.05) is 5.32 Å². The number of hydrogen-bond donors (Lipinski definition) is 2. The van der Waals surface area contributed by atoms with Crippen molar-refractivity contribution in [1.29, 1.82) is 0 Å². The van der Waals surface area contributed by atoms with Crippen LogP contribution in [0.15, 0.2) is 11.0 Å². The summed E-state index contributed by atoms with van der Waals surface area (Å²) in [4.78, 5) is 12.0. The van der Waals surface area contributed by atoms with Crippen LogP contribution in [0.5, 0.6) is 0 Å². The van der Waals surface area contributed by atoms with Crippen LogP contribution >= 0.6 is 23.2 Å². The summed E-state index contributed by atoms with van der Waals surface area (Å²) in [7, 11) is -3.92. The van der Waals surface area contributed by atoms with Gasteiger partial charge in [-0.1, -0.05) is 36.0 Å². The Labute approximate surface area is 133 Å². The number of carbonyl (C=O) groups excluding carboxylic acids is 1. The molecule has 0 aromatic heterocycles. The van der Waals surface area contributed by atoms with Crippen LogP contribution in [0.1, 0.15) is 31.2 Å². The van der Waals surface area contributed by atoms with Gasteiger partial charge < -0.3 is 5.32 Å². The van der Waals surface area contributed by atoms with Gasteiger partial charge in [-0.15, -0.1) is 0 Å². The zero-order chi connectivity index (χ0) is 15.8. The van der Waals surface area contributed by atoms with E-state index >= 15 is 0 Å². The number of carbonyl (C=O) groups is 1. The topological polar surface area (TPSA) is 89.3 Å². The fourth-order valence-corrected chi connectivity index (χ4v) is 4.00. The fourth-order valence-electron chi connectivity index (χ4n) is 2.52. The van der Waals surface area contributed by atoms with Gasteiger partial charge in [-0.3, -0.25) is 4.79 Å². The first-order valence-corrected chi connectivity index (χ1v) is 8.84.